The van der Waals surface area contributed by atoms with Gasteiger partial charge in [-0.25, -0.2) is 4.98 Å². The fraction of sp³-hybridized carbons (Fsp3) is 0.364. The molecule has 0 fully saturated rings. The summed E-state index contributed by atoms with van der Waals surface area (Å²) in [5, 5.41) is 3.04. The van der Waals surface area contributed by atoms with Crippen LogP contribution in [0.2, 0.25) is 0 Å². The molecular weight excluding hydrogens is 336 g/mol. The van der Waals surface area contributed by atoms with Crippen molar-refractivity contribution in [2.75, 3.05) is 16.8 Å². The number of aromatic nitrogens is 2. The summed E-state index contributed by atoms with van der Waals surface area (Å²) in [6.07, 6.45) is 0. The van der Waals surface area contributed by atoms with Gasteiger partial charge in [0, 0.05) is 29.9 Å². The highest BCUT2D eigenvalue weighted by Gasteiger charge is 2.23. The molecule has 0 bridgehead atoms. The second kappa shape index (κ2) is 6.41. The first-order valence-electron chi connectivity index (χ1n) is 9.44. The molecular formula is C22H26N4O. The minimum Gasteiger partial charge on any atom is -0.362 e. The molecule has 4 rings (SSSR count). The second-order valence-electron chi connectivity index (χ2n) is 8.29. The number of hydrogen-bond donors (Lipinski definition) is 1. The molecule has 0 aliphatic carbocycles. The van der Waals surface area contributed by atoms with E-state index in [2.05, 4.69) is 45.1 Å². The number of carbonyl (C=O) groups excluding carboxylic acids is 1. The maximum Gasteiger partial charge on any atom is 0.229 e. The highest BCUT2D eigenvalue weighted by atomic mass is 16.2. The molecule has 1 N–H and O–H groups in total. The summed E-state index contributed by atoms with van der Waals surface area (Å²) in [6, 6.07) is 14.6. The summed E-state index contributed by atoms with van der Waals surface area (Å²) in [5.41, 5.74) is 4.98. The average Bonchev–Trinajstić information content (AvgIpc) is 3.00. The number of aryl methyl sites for hydroxylation is 1. The van der Waals surface area contributed by atoms with Gasteiger partial charge >= 0.3 is 0 Å². The molecule has 0 radical (unpaired) electrons. The number of anilines is 2. The average molecular weight is 362 g/mol. The van der Waals surface area contributed by atoms with Crippen LogP contribution in [0.4, 0.5) is 11.4 Å². The van der Waals surface area contributed by atoms with Gasteiger partial charge in [0.15, 0.2) is 0 Å². The van der Waals surface area contributed by atoms with Crippen molar-refractivity contribution in [1.82, 2.24) is 9.55 Å². The van der Waals surface area contributed by atoms with Gasteiger partial charge in [-0.2, -0.15) is 0 Å². The molecule has 0 unspecified atom stereocenters. The molecule has 2 aromatic carbocycles. The van der Waals surface area contributed by atoms with Crippen molar-refractivity contribution in [3.05, 3.63) is 53.9 Å². The Kier molecular flexibility index (Phi) is 4.17. The number of fused-ring (bicyclic) bond motifs is 3. The third-order valence-electron chi connectivity index (χ3n) is 5.16. The molecule has 0 saturated heterocycles. The standard InChI is InChI=1S/C22H26N4O/c1-15-13-16(9-10-17(15)24-21(27)22(2,3)4)25-11-12-26-19-8-6-5-7-18(19)23-20(26)14-25/h5-10,13H,11-12,14H2,1-4H3,(H,24,27). The number of imidazole rings is 1. The van der Waals surface area contributed by atoms with E-state index in [0.717, 1.165) is 42.2 Å². The Labute approximate surface area is 160 Å². The zero-order valence-corrected chi connectivity index (χ0v) is 16.4. The molecule has 0 saturated carbocycles. The lowest BCUT2D eigenvalue weighted by molar-refractivity contribution is -0.123. The molecule has 1 amide bonds. The predicted octanol–water partition coefficient (Wildman–Crippen LogP) is 4.35. The van der Waals surface area contributed by atoms with Crippen LogP contribution in [0.15, 0.2) is 42.5 Å². The lowest BCUT2D eigenvalue weighted by atomic mass is 9.95. The van der Waals surface area contributed by atoms with Crippen molar-refractivity contribution in [2.24, 2.45) is 5.41 Å². The van der Waals surface area contributed by atoms with Crippen molar-refractivity contribution in [3.63, 3.8) is 0 Å². The normalized spacial score (nSPS) is 14.3. The molecule has 1 aromatic heterocycles. The van der Waals surface area contributed by atoms with E-state index in [9.17, 15) is 4.79 Å². The molecule has 2 heterocycles. The van der Waals surface area contributed by atoms with E-state index >= 15 is 0 Å². The van der Waals surface area contributed by atoms with E-state index in [-0.39, 0.29) is 5.91 Å². The van der Waals surface area contributed by atoms with E-state index < -0.39 is 5.41 Å². The Morgan fingerprint density at radius 1 is 1.11 bits per heavy atom. The maximum atomic E-state index is 12.3. The first-order chi connectivity index (χ1) is 12.8. The number of nitrogens with one attached hydrogen (secondary N) is 1. The third-order valence-corrected chi connectivity index (χ3v) is 5.16. The summed E-state index contributed by atoms with van der Waals surface area (Å²) in [6.45, 7) is 10.5. The zero-order valence-electron chi connectivity index (χ0n) is 16.4. The van der Waals surface area contributed by atoms with E-state index in [1.165, 1.54) is 11.2 Å². The second-order valence-corrected chi connectivity index (χ2v) is 8.29. The van der Waals surface area contributed by atoms with Crippen molar-refractivity contribution in [2.45, 2.75) is 40.8 Å². The van der Waals surface area contributed by atoms with E-state index in [4.69, 9.17) is 4.98 Å². The highest BCUT2D eigenvalue weighted by molar-refractivity contribution is 5.95. The Morgan fingerprint density at radius 3 is 2.63 bits per heavy atom. The van der Waals surface area contributed by atoms with Gasteiger partial charge in [-0.15, -0.1) is 0 Å². The lowest BCUT2D eigenvalue weighted by Gasteiger charge is -2.30. The number of nitrogens with zero attached hydrogens (tertiary/aromatic N) is 3. The van der Waals surface area contributed by atoms with E-state index in [1.807, 2.05) is 39.8 Å². The topological polar surface area (TPSA) is 50.2 Å². The number of amides is 1. The van der Waals surface area contributed by atoms with Gasteiger partial charge in [0.2, 0.25) is 5.91 Å². The Hall–Kier alpha value is -2.82. The molecule has 0 spiro atoms. The Morgan fingerprint density at radius 2 is 1.89 bits per heavy atom. The van der Waals surface area contributed by atoms with Gasteiger partial charge < -0.3 is 14.8 Å². The minimum atomic E-state index is -0.406. The van der Waals surface area contributed by atoms with Gasteiger partial charge in [0.1, 0.15) is 5.82 Å². The first-order valence-corrected chi connectivity index (χ1v) is 9.44. The molecule has 3 aromatic rings. The van der Waals surface area contributed by atoms with Crippen LogP contribution < -0.4 is 10.2 Å². The Balaban J connectivity index is 1.56. The largest absolute Gasteiger partial charge is 0.362 e. The van der Waals surface area contributed by atoms with E-state index in [0.29, 0.717) is 0 Å². The van der Waals surface area contributed by atoms with Crippen LogP contribution >= 0.6 is 0 Å². The molecule has 27 heavy (non-hydrogen) atoms. The number of rotatable bonds is 2. The first kappa shape index (κ1) is 17.6. The highest BCUT2D eigenvalue weighted by Crippen LogP contribution is 2.28. The third kappa shape index (κ3) is 3.29. The number of benzene rings is 2. The van der Waals surface area contributed by atoms with E-state index in [1.54, 1.807) is 0 Å². The van der Waals surface area contributed by atoms with Crippen LogP contribution in [-0.2, 0) is 17.9 Å². The summed E-state index contributed by atoms with van der Waals surface area (Å²) in [4.78, 5) is 19.4. The van der Waals surface area contributed by atoms with Gasteiger partial charge in [-0.05, 0) is 42.8 Å². The molecule has 1 aliphatic heterocycles. The van der Waals surface area contributed by atoms with Gasteiger partial charge in [0.25, 0.3) is 0 Å². The van der Waals surface area contributed by atoms with Crippen molar-refractivity contribution < 1.29 is 4.79 Å². The van der Waals surface area contributed by atoms with Gasteiger partial charge in [0.05, 0.1) is 17.6 Å². The lowest BCUT2D eigenvalue weighted by Crippen LogP contribution is -2.33. The molecule has 0 atom stereocenters. The van der Waals surface area contributed by atoms with Crippen LogP contribution in [0, 0.1) is 12.3 Å². The quantitative estimate of drug-likeness (QED) is 0.737. The molecule has 1 aliphatic rings. The summed E-state index contributed by atoms with van der Waals surface area (Å²) in [5.74, 6) is 1.13. The maximum absolute atomic E-state index is 12.3. The summed E-state index contributed by atoms with van der Waals surface area (Å²) < 4.78 is 2.32. The smallest absolute Gasteiger partial charge is 0.229 e. The molecule has 5 nitrogen and oxygen atoms in total. The fourth-order valence-corrected chi connectivity index (χ4v) is 3.48. The van der Waals surface area contributed by atoms with Crippen LogP contribution in [0.3, 0.4) is 0 Å². The number of hydrogen-bond acceptors (Lipinski definition) is 3. The van der Waals surface area contributed by atoms with Gasteiger partial charge in [-0.1, -0.05) is 32.9 Å². The fourth-order valence-electron chi connectivity index (χ4n) is 3.48. The van der Waals surface area contributed by atoms with Gasteiger partial charge in [-0.3, -0.25) is 4.79 Å². The predicted molar refractivity (Wildman–Crippen MR) is 110 cm³/mol. The molecule has 140 valence electrons. The SMILES string of the molecule is Cc1cc(N2CCn3c(nc4ccccc43)C2)ccc1NC(=O)C(C)(C)C. The summed E-state index contributed by atoms with van der Waals surface area (Å²) >= 11 is 0. The van der Waals surface area contributed by atoms with Crippen molar-refractivity contribution in [3.8, 4) is 0 Å². The number of para-hydroxylation sites is 2. The van der Waals surface area contributed by atoms with Crippen molar-refractivity contribution in [1.29, 1.82) is 0 Å². The molecule has 5 heteroatoms. The minimum absolute atomic E-state index is 0.0324. The van der Waals surface area contributed by atoms with Crippen LogP contribution in [0.5, 0.6) is 0 Å². The van der Waals surface area contributed by atoms with Crippen LogP contribution in [0.25, 0.3) is 11.0 Å². The zero-order chi connectivity index (χ0) is 19.2. The monoisotopic (exact) mass is 362 g/mol. The Bertz CT molecular complexity index is 1010. The summed E-state index contributed by atoms with van der Waals surface area (Å²) in [7, 11) is 0. The number of carbonyl (C=O) groups is 1. The van der Waals surface area contributed by atoms with Crippen LogP contribution in [0.1, 0.15) is 32.2 Å². The van der Waals surface area contributed by atoms with Crippen LogP contribution in [-0.4, -0.2) is 22.0 Å². The van der Waals surface area contributed by atoms with Crippen molar-refractivity contribution >= 4 is 28.3 Å².